The van der Waals surface area contributed by atoms with E-state index < -0.39 is 5.60 Å². The highest BCUT2D eigenvalue weighted by Crippen LogP contribution is 2.16. The van der Waals surface area contributed by atoms with Gasteiger partial charge in [0.1, 0.15) is 5.60 Å². The first-order chi connectivity index (χ1) is 8.44. The molecule has 0 aromatic carbocycles. The van der Waals surface area contributed by atoms with Crippen molar-refractivity contribution in [2.75, 3.05) is 19.6 Å². The maximum atomic E-state index is 12.2. The minimum absolute atomic E-state index is 0.162. The first kappa shape index (κ1) is 15.3. The van der Waals surface area contributed by atoms with Crippen molar-refractivity contribution in [1.29, 1.82) is 0 Å². The number of piperidine rings is 1. The molecule has 1 heterocycles. The first-order valence-electron chi connectivity index (χ1n) is 7.14. The van der Waals surface area contributed by atoms with Gasteiger partial charge >= 0.3 is 6.09 Å². The first-order valence-corrected chi connectivity index (χ1v) is 7.14. The van der Waals surface area contributed by atoms with Crippen molar-refractivity contribution in [2.45, 2.75) is 65.0 Å². The van der Waals surface area contributed by atoms with Gasteiger partial charge in [0.15, 0.2) is 0 Å². The van der Waals surface area contributed by atoms with Crippen LogP contribution in [0.4, 0.5) is 4.79 Å². The van der Waals surface area contributed by atoms with Crippen LogP contribution in [0.2, 0.25) is 0 Å². The third-order valence-electron chi connectivity index (χ3n) is 3.09. The summed E-state index contributed by atoms with van der Waals surface area (Å²) in [4.78, 5) is 14.2. The predicted octanol–water partition coefficient (Wildman–Crippen LogP) is 2.78. The molecule has 0 aliphatic carbocycles. The molecule has 0 bridgehead atoms. The van der Waals surface area contributed by atoms with Crippen molar-refractivity contribution in [3.8, 4) is 0 Å². The summed E-state index contributed by atoms with van der Waals surface area (Å²) >= 11 is 0. The summed E-state index contributed by atoms with van der Waals surface area (Å²) in [7, 11) is 0. The third-order valence-corrected chi connectivity index (χ3v) is 3.09. The molecule has 0 unspecified atom stereocenters. The smallest absolute Gasteiger partial charge is 0.410 e. The normalized spacial score (nSPS) is 20.6. The Balaban J connectivity index is 2.60. The molecule has 1 rings (SSSR count). The van der Waals surface area contributed by atoms with Crippen LogP contribution in [0.3, 0.4) is 0 Å². The molecule has 106 valence electrons. The van der Waals surface area contributed by atoms with Gasteiger partial charge in [-0.25, -0.2) is 4.79 Å². The Bertz CT molecular complexity index is 255. The van der Waals surface area contributed by atoms with Gasteiger partial charge in [-0.2, -0.15) is 0 Å². The zero-order chi connectivity index (χ0) is 13.6. The van der Waals surface area contributed by atoms with Gasteiger partial charge in [-0.05, 0) is 46.6 Å². The van der Waals surface area contributed by atoms with E-state index in [1.807, 2.05) is 25.7 Å². The lowest BCUT2D eigenvalue weighted by atomic mass is 10.1. The highest BCUT2D eigenvalue weighted by Gasteiger charge is 2.28. The molecule has 0 saturated carbocycles. The van der Waals surface area contributed by atoms with Gasteiger partial charge in [0.05, 0.1) is 0 Å². The second kappa shape index (κ2) is 6.98. The van der Waals surface area contributed by atoms with E-state index >= 15 is 0 Å². The van der Waals surface area contributed by atoms with Crippen molar-refractivity contribution >= 4 is 6.09 Å². The number of carbonyl (C=O) groups excluding carboxylic acids is 1. The molecule has 1 fully saturated rings. The standard InChI is InChI=1S/C14H28N2O2/c1-5-6-10-16(12-8-7-9-15-11-12)13(17)18-14(2,3)4/h12,15H,5-11H2,1-4H3/t12-/m1/s1. The molecule has 0 aromatic heterocycles. The topological polar surface area (TPSA) is 41.6 Å². The molecule has 0 spiro atoms. The van der Waals surface area contributed by atoms with E-state index in [1.165, 1.54) is 0 Å². The fourth-order valence-corrected chi connectivity index (χ4v) is 2.17. The molecule has 18 heavy (non-hydrogen) atoms. The van der Waals surface area contributed by atoms with Crippen LogP contribution in [0.1, 0.15) is 53.4 Å². The van der Waals surface area contributed by atoms with Crippen LogP contribution in [-0.2, 0) is 4.74 Å². The van der Waals surface area contributed by atoms with Crippen LogP contribution in [0.5, 0.6) is 0 Å². The molecular formula is C14H28N2O2. The van der Waals surface area contributed by atoms with Gasteiger partial charge in [0.2, 0.25) is 0 Å². The Hall–Kier alpha value is -0.770. The number of nitrogens with one attached hydrogen (secondary N) is 1. The Morgan fingerprint density at radius 1 is 1.44 bits per heavy atom. The van der Waals surface area contributed by atoms with Crippen molar-refractivity contribution in [3.05, 3.63) is 0 Å². The number of amides is 1. The van der Waals surface area contributed by atoms with Crippen molar-refractivity contribution in [1.82, 2.24) is 10.2 Å². The summed E-state index contributed by atoms with van der Waals surface area (Å²) in [5.74, 6) is 0. The summed E-state index contributed by atoms with van der Waals surface area (Å²) in [5.41, 5.74) is -0.413. The van der Waals surface area contributed by atoms with Crippen LogP contribution < -0.4 is 5.32 Å². The summed E-state index contributed by atoms with van der Waals surface area (Å²) in [5, 5.41) is 3.36. The second-order valence-electron chi connectivity index (χ2n) is 6.03. The number of ether oxygens (including phenoxy) is 1. The molecule has 1 saturated heterocycles. The second-order valence-corrected chi connectivity index (χ2v) is 6.03. The van der Waals surface area contributed by atoms with Crippen LogP contribution in [0.15, 0.2) is 0 Å². The lowest BCUT2D eigenvalue weighted by molar-refractivity contribution is 0.0133. The predicted molar refractivity (Wildman–Crippen MR) is 73.7 cm³/mol. The Morgan fingerprint density at radius 3 is 2.67 bits per heavy atom. The van der Waals surface area contributed by atoms with Crippen LogP contribution >= 0.6 is 0 Å². The van der Waals surface area contributed by atoms with E-state index in [0.717, 1.165) is 45.3 Å². The number of carbonyl (C=O) groups is 1. The van der Waals surface area contributed by atoms with Crippen molar-refractivity contribution in [2.24, 2.45) is 0 Å². The Labute approximate surface area is 111 Å². The van der Waals surface area contributed by atoms with E-state index in [9.17, 15) is 4.79 Å². The third kappa shape index (κ3) is 5.25. The molecular weight excluding hydrogens is 228 g/mol. The van der Waals surface area contributed by atoms with Gasteiger partial charge < -0.3 is 15.0 Å². The number of nitrogens with zero attached hydrogens (tertiary/aromatic N) is 1. The molecule has 1 atom stereocenters. The van der Waals surface area contributed by atoms with Crippen LogP contribution in [0.25, 0.3) is 0 Å². The lowest BCUT2D eigenvalue weighted by Crippen LogP contribution is -2.50. The van der Waals surface area contributed by atoms with E-state index in [0.29, 0.717) is 6.04 Å². The van der Waals surface area contributed by atoms with Crippen LogP contribution in [0, 0.1) is 0 Å². The minimum atomic E-state index is -0.413. The molecule has 0 aromatic rings. The molecule has 1 N–H and O–H groups in total. The largest absolute Gasteiger partial charge is 0.444 e. The summed E-state index contributed by atoms with van der Waals surface area (Å²) in [6.07, 6.45) is 4.19. The van der Waals surface area contributed by atoms with E-state index in [1.54, 1.807) is 0 Å². The molecule has 4 nitrogen and oxygen atoms in total. The van der Waals surface area contributed by atoms with Gasteiger partial charge in [-0.15, -0.1) is 0 Å². The van der Waals surface area contributed by atoms with Crippen molar-refractivity contribution in [3.63, 3.8) is 0 Å². The monoisotopic (exact) mass is 256 g/mol. The van der Waals surface area contributed by atoms with Gasteiger partial charge in [0, 0.05) is 19.1 Å². The molecule has 0 radical (unpaired) electrons. The summed E-state index contributed by atoms with van der Waals surface area (Å²) < 4.78 is 5.51. The highest BCUT2D eigenvalue weighted by atomic mass is 16.6. The van der Waals surface area contributed by atoms with E-state index in [2.05, 4.69) is 12.2 Å². The van der Waals surface area contributed by atoms with Crippen LogP contribution in [-0.4, -0.2) is 42.3 Å². The maximum Gasteiger partial charge on any atom is 0.410 e. The average Bonchev–Trinajstić information content (AvgIpc) is 2.28. The zero-order valence-electron chi connectivity index (χ0n) is 12.3. The van der Waals surface area contributed by atoms with Crippen molar-refractivity contribution < 1.29 is 9.53 Å². The fraction of sp³-hybridized carbons (Fsp3) is 0.929. The summed E-state index contributed by atoms with van der Waals surface area (Å²) in [6, 6.07) is 0.292. The lowest BCUT2D eigenvalue weighted by Gasteiger charge is -2.35. The number of hydrogen-bond acceptors (Lipinski definition) is 3. The number of rotatable bonds is 4. The number of unbranched alkanes of at least 4 members (excludes halogenated alkanes) is 1. The fourth-order valence-electron chi connectivity index (χ4n) is 2.17. The molecule has 1 amide bonds. The maximum absolute atomic E-state index is 12.2. The minimum Gasteiger partial charge on any atom is -0.444 e. The molecule has 4 heteroatoms. The average molecular weight is 256 g/mol. The zero-order valence-corrected chi connectivity index (χ0v) is 12.3. The SMILES string of the molecule is CCCCN(C(=O)OC(C)(C)C)[C@@H]1CCCNC1. The summed E-state index contributed by atoms with van der Waals surface area (Å²) in [6.45, 7) is 10.7. The quantitative estimate of drug-likeness (QED) is 0.841. The Morgan fingerprint density at radius 2 is 2.17 bits per heavy atom. The van der Waals surface area contributed by atoms with Gasteiger partial charge in [-0.3, -0.25) is 0 Å². The number of hydrogen-bond donors (Lipinski definition) is 1. The molecule has 1 aliphatic rings. The molecule has 1 aliphatic heterocycles. The highest BCUT2D eigenvalue weighted by molar-refractivity contribution is 5.68. The van der Waals surface area contributed by atoms with E-state index in [4.69, 9.17) is 4.74 Å². The Kier molecular flexibility index (Phi) is 5.93. The van der Waals surface area contributed by atoms with Gasteiger partial charge in [-0.1, -0.05) is 13.3 Å². The van der Waals surface area contributed by atoms with Gasteiger partial charge in [0.25, 0.3) is 0 Å². The van der Waals surface area contributed by atoms with E-state index in [-0.39, 0.29) is 6.09 Å².